The molecule has 0 fully saturated rings. The molecule has 0 aromatic heterocycles. The fourth-order valence-electron chi connectivity index (χ4n) is 1.18. The van der Waals surface area contributed by atoms with Crippen molar-refractivity contribution in [3.63, 3.8) is 0 Å². The summed E-state index contributed by atoms with van der Waals surface area (Å²) >= 11 is 0. The second-order valence-electron chi connectivity index (χ2n) is 3.15. The van der Waals surface area contributed by atoms with Crippen LogP contribution in [0.4, 0.5) is 4.79 Å². The predicted molar refractivity (Wildman–Crippen MR) is 61.1 cm³/mol. The molecule has 2 N–H and O–H groups in total. The number of carbonyl (C=O) groups excluding carboxylic acids is 1. The third kappa shape index (κ3) is 7.16. The molecule has 0 saturated carbocycles. The Hall–Kier alpha value is -0.810. The number of amides is 2. The van der Waals surface area contributed by atoms with E-state index in [0.29, 0.717) is 13.2 Å². The molecule has 0 aliphatic heterocycles. The second-order valence-corrected chi connectivity index (χ2v) is 3.15. The smallest absolute Gasteiger partial charge is 0.317 e. The van der Waals surface area contributed by atoms with Gasteiger partial charge in [-0.15, -0.1) is 0 Å². The normalized spacial score (nSPS) is 10.1. The Balaban J connectivity index is 3.38. The average Bonchev–Trinajstić information content (AvgIpc) is 2.25. The molecule has 0 aromatic rings. The van der Waals surface area contributed by atoms with E-state index in [9.17, 15) is 4.79 Å². The maximum Gasteiger partial charge on any atom is 0.317 e. The van der Waals surface area contributed by atoms with Crippen molar-refractivity contribution in [2.45, 2.75) is 13.8 Å². The van der Waals surface area contributed by atoms with E-state index < -0.39 is 0 Å². The van der Waals surface area contributed by atoms with Gasteiger partial charge in [0.1, 0.15) is 0 Å². The summed E-state index contributed by atoms with van der Waals surface area (Å²) in [7, 11) is 1.67. The number of urea groups is 1. The number of hydrogen-bond acceptors (Lipinski definition) is 3. The quantitative estimate of drug-likeness (QED) is 0.574. The molecule has 90 valence electrons. The number of ether oxygens (including phenoxy) is 1. The van der Waals surface area contributed by atoms with Crippen molar-refractivity contribution in [2.24, 2.45) is 0 Å². The summed E-state index contributed by atoms with van der Waals surface area (Å²) in [5.41, 5.74) is 0. The first kappa shape index (κ1) is 14.2. The molecule has 0 radical (unpaired) electrons. The minimum Gasteiger partial charge on any atom is -0.383 e. The molecule has 0 aromatic carbocycles. The first-order chi connectivity index (χ1) is 7.26. The van der Waals surface area contributed by atoms with Crippen LogP contribution in [0.25, 0.3) is 0 Å². The lowest BCUT2D eigenvalue weighted by molar-refractivity contribution is 0.197. The molecule has 0 atom stereocenters. The van der Waals surface area contributed by atoms with Crippen LogP contribution in [-0.2, 0) is 4.74 Å². The largest absolute Gasteiger partial charge is 0.383 e. The van der Waals surface area contributed by atoms with Crippen molar-refractivity contribution in [3.8, 4) is 0 Å². The van der Waals surface area contributed by atoms with Crippen LogP contribution in [0.2, 0.25) is 0 Å². The summed E-state index contributed by atoms with van der Waals surface area (Å²) in [6.07, 6.45) is 0. The van der Waals surface area contributed by atoms with Gasteiger partial charge in [-0.25, -0.2) is 4.79 Å². The summed E-state index contributed by atoms with van der Waals surface area (Å²) in [5.74, 6) is 0. The van der Waals surface area contributed by atoms with E-state index in [1.807, 2.05) is 13.8 Å². The van der Waals surface area contributed by atoms with Crippen molar-refractivity contribution >= 4 is 6.03 Å². The maximum atomic E-state index is 11.5. The van der Waals surface area contributed by atoms with Gasteiger partial charge in [-0.1, -0.05) is 0 Å². The lowest BCUT2D eigenvalue weighted by atomic mass is 10.5. The fourth-order valence-corrected chi connectivity index (χ4v) is 1.18. The highest BCUT2D eigenvalue weighted by atomic mass is 16.5. The van der Waals surface area contributed by atoms with Gasteiger partial charge >= 0.3 is 6.03 Å². The van der Waals surface area contributed by atoms with E-state index in [2.05, 4.69) is 10.6 Å². The Morgan fingerprint density at radius 3 is 2.40 bits per heavy atom. The highest BCUT2D eigenvalue weighted by Gasteiger charge is 2.06. The topological polar surface area (TPSA) is 53.6 Å². The highest BCUT2D eigenvalue weighted by molar-refractivity contribution is 5.73. The van der Waals surface area contributed by atoms with E-state index in [-0.39, 0.29) is 6.03 Å². The number of hydrogen-bond donors (Lipinski definition) is 2. The zero-order valence-corrected chi connectivity index (χ0v) is 10.0. The molecule has 0 aliphatic carbocycles. The van der Waals surface area contributed by atoms with Gasteiger partial charge in [0.25, 0.3) is 0 Å². The minimum atomic E-state index is 0.00791. The van der Waals surface area contributed by atoms with E-state index in [1.54, 1.807) is 12.0 Å². The summed E-state index contributed by atoms with van der Waals surface area (Å²) < 4.78 is 4.88. The molecule has 2 amide bonds. The predicted octanol–water partition coefficient (Wildman–Crippen LogP) is 0.274. The Kier molecular flexibility index (Phi) is 9.21. The van der Waals surface area contributed by atoms with Crippen LogP contribution >= 0.6 is 0 Å². The van der Waals surface area contributed by atoms with Crippen LogP contribution in [0, 0.1) is 0 Å². The Bertz CT molecular complexity index is 161. The highest BCUT2D eigenvalue weighted by Crippen LogP contribution is 1.86. The maximum absolute atomic E-state index is 11.5. The Morgan fingerprint density at radius 1 is 1.20 bits per heavy atom. The van der Waals surface area contributed by atoms with E-state index in [4.69, 9.17) is 4.74 Å². The van der Waals surface area contributed by atoms with Crippen LogP contribution in [0.15, 0.2) is 0 Å². The number of methoxy groups -OCH3 is 1. The third-order valence-corrected chi connectivity index (χ3v) is 2.11. The van der Waals surface area contributed by atoms with Crippen LogP contribution in [0.1, 0.15) is 13.8 Å². The summed E-state index contributed by atoms with van der Waals surface area (Å²) in [4.78, 5) is 13.2. The van der Waals surface area contributed by atoms with E-state index in [1.165, 1.54) is 0 Å². The molecule has 5 nitrogen and oxygen atoms in total. The molecule has 0 saturated heterocycles. The molecule has 0 spiro atoms. The Labute approximate surface area is 92.2 Å². The monoisotopic (exact) mass is 217 g/mol. The van der Waals surface area contributed by atoms with Crippen molar-refractivity contribution in [2.75, 3.05) is 46.4 Å². The molecular formula is C10H23N3O2. The minimum absolute atomic E-state index is 0.00791. The zero-order valence-electron chi connectivity index (χ0n) is 10.0. The lowest BCUT2D eigenvalue weighted by Crippen LogP contribution is -2.42. The molecule has 0 bridgehead atoms. The van der Waals surface area contributed by atoms with Crippen molar-refractivity contribution in [1.29, 1.82) is 0 Å². The van der Waals surface area contributed by atoms with Gasteiger partial charge in [0.15, 0.2) is 0 Å². The SMILES string of the molecule is CCN(CC)C(=O)NCCNCCOC. The zero-order chi connectivity index (χ0) is 11.5. The average molecular weight is 217 g/mol. The van der Waals surface area contributed by atoms with Crippen LogP contribution in [0.5, 0.6) is 0 Å². The van der Waals surface area contributed by atoms with Crippen LogP contribution < -0.4 is 10.6 Å². The van der Waals surface area contributed by atoms with Gasteiger partial charge in [-0.3, -0.25) is 0 Å². The van der Waals surface area contributed by atoms with Crippen molar-refractivity contribution < 1.29 is 9.53 Å². The van der Waals surface area contributed by atoms with Crippen molar-refractivity contribution in [3.05, 3.63) is 0 Å². The number of carbonyl (C=O) groups is 1. The number of rotatable bonds is 8. The number of nitrogens with one attached hydrogen (secondary N) is 2. The van der Waals surface area contributed by atoms with Gasteiger partial charge in [-0.2, -0.15) is 0 Å². The summed E-state index contributed by atoms with van der Waals surface area (Å²) in [6, 6.07) is 0.00791. The summed E-state index contributed by atoms with van der Waals surface area (Å²) in [6.45, 7) is 8.38. The van der Waals surface area contributed by atoms with Crippen LogP contribution in [0.3, 0.4) is 0 Å². The van der Waals surface area contributed by atoms with Gasteiger partial charge in [0.2, 0.25) is 0 Å². The van der Waals surface area contributed by atoms with Gasteiger partial charge in [-0.05, 0) is 13.8 Å². The van der Waals surface area contributed by atoms with E-state index >= 15 is 0 Å². The molecule has 0 unspecified atom stereocenters. The van der Waals surface area contributed by atoms with Gasteiger partial charge < -0.3 is 20.3 Å². The van der Waals surface area contributed by atoms with Crippen LogP contribution in [-0.4, -0.2) is 57.4 Å². The van der Waals surface area contributed by atoms with E-state index in [0.717, 1.165) is 26.2 Å². The first-order valence-corrected chi connectivity index (χ1v) is 5.48. The molecule has 0 aliphatic rings. The number of nitrogens with zero attached hydrogens (tertiary/aromatic N) is 1. The third-order valence-electron chi connectivity index (χ3n) is 2.11. The molecule has 5 heteroatoms. The first-order valence-electron chi connectivity index (χ1n) is 5.48. The molecule has 15 heavy (non-hydrogen) atoms. The summed E-state index contributed by atoms with van der Waals surface area (Å²) in [5, 5.41) is 6.00. The Morgan fingerprint density at radius 2 is 1.87 bits per heavy atom. The fraction of sp³-hybridized carbons (Fsp3) is 0.900. The van der Waals surface area contributed by atoms with Gasteiger partial charge in [0, 0.05) is 39.8 Å². The molecule has 0 heterocycles. The van der Waals surface area contributed by atoms with Gasteiger partial charge in [0.05, 0.1) is 6.61 Å². The molecular weight excluding hydrogens is 194 g/mol. The standard InChI is InChI=1S/C10H23N3O2/c1-4-13(5-2)10(14)12-7-6-11-8-9-15-3/h11H,4-9H2,1-3H3,(H,12,14). The lowest BCUT2D eigenvalue weighted by Gasteiger charge is -2.19. The van der Waals surface area contributed by atoms with Crippen molar-refractivity contribution in [1.82, 2.24) is 15.5 Å². The molecule has 0 rings (SSSR count). The second kappa shape index (κ2) is 9.73.